The molecule has 0 saturated carbocycles. The van der Waals surface area contributed by atoms with Gasteiger partial charge in [-0.15, -0.1) is 0 Å². The number of aromatic amines is 1. The molecule has 1 atom stereocenters. The van der Waals surface area contributed by atoms with Crippen LogP contribution in [-0.2, 0) is 6.42 Å². The number of hydrogen-bond acceptors (Lipinski definition) is 3. The van der Waals surface area contributed by atoms with E-state index in [1.165, 1.54) is 5.56 Å². The maximum atomic E-state index is 12.8. The highest BCUT2D eigenvalue weighted by atomic mass is 16.2. The predicted molar refractivity (Wildman–Crippen MR) is 108 cm³/mol. The number of carbonyl (C=O) groups excluding carboxylic acids is 1. The van der Waals surface area contributed by atoms with E-state index in [0.29, 0.717) is 18.9 Å². The molecule has 1 fully saturated rings. The number of amides is 1. The number of likely N-dealkylation sites (N-methyl/N-ethyl adjacent to an activating group) is 1. The molecule has 1 saturated heterocycles. The monoisotopic (exact) mass is 362 g/mol. The van der Waals surface area contributed by atoms with Crippen LogP contribution in [0.25, 0.3) is 11.0 Å². The molecule has 0 aliphatic carbocycles. The molecule has 2 N–H and O–H groups in total. The number of H-pyrrole nitrogens is 1. The molecule has 1 aromatic heterocycles. The molecule has 0 unspecified atom stereocenters. The molecule has 27 heavy (non-hydrogen) atoms. The Hall–Kier alpha value is -2.66. The lowest BCUT2D eigenvalue weighted by molar-refractivity contribution is 0.0796. The van der Waals surface area contributed by atoms with Crippen LogP contribution >= 0.6 is 0 Å². The van der Waals surface area contributed by atoms with E-state index in [0.717, 1.165) is 47.5 Å². The van der Waals surface area contributed by atoms with Crippen LogP contribution in [0.15, 0.2) is 42.5 Å². The minimum atomic E-state index is 0.0649. The van der Waals surface area contributed by atoms with Gasteiger partial charge in [0.1, 0.15) is 5.82 Å². The van der Waals surface area contributed by atoms with Gasteiger partial charge >= 0.3 is 0 Å². The van der Waals surface area contributed by atoms with Gasteiger partial charge in [0.05, 0.1) is 11.0 Å². The van der Waals surface area contributed by atoms with Crippen molar-refractivity contribution in [3.63, 3.8) is 0 Å². The molecule has 3 aromatic rings. The molecule has 5 nitrogen and oxygen atoms in total. The Morgan fingerprint density at radius 1 is 1.26 bits per heavy atom. The summed E-state index contributed by atoms with van der Waals surface area (Å²) in [6.07, 6.45) is 1.85. The third-order valence-electron chi connectivity index (χ3n) is 5.46. The number of imidazole rings is 1. The second kappa shape index (κ2) is 7.53. The van der Waals surface area contributed by atoms with Crippen LogP contribution in [0.4, 0.5) is 0 Å². The van der Waals surface area contributed by atoms with Crippen molar-refractivity contribution < 1.29 is 4.79 Å². The lowest BCUT2D eigenvalue weighted by Crippen LogP contribution is -2.29. The fourth-order valence-electron chi connectivity index (χ4n) is 3.81. The molecule has 1 aliphatic rings. The van der Waals surface area contributed by atoms with Crippen molar-refractivity contribution in [2.24, 2.45) is 0 Å². The topological polar surface area (TPSA) is 61.0 Å². The van der Waals surface area contributed by atoms with Crippen LogP contribution in [0.2, 0.25) is 0 Å². The van der Waals surface area contributed by atoms with Gasteiger partial charge < -0.3 is 15.2 Å². The van der Waals surface area contributed by atoms with E-state index in [4.69, 9.17) is 0 Å². The number of para-hydroxylation sites is 1. The number of carbonyl (C=O) groups is 1. The summed E-state index contributed by atoms with van der Waals surface area (Å²) in [6.45, 7) is 4.75. The Morgan fingerprint density at radius 3 is 2.89 bits per heavy atom. The molecule has 1 aliphatic heterocycles. The van der Waals surface area contributed by atoms with Crippen LogP contribution in [0.1, 0.15) is 39.6 Å². The summed E-state index contributed by atoms with van der Waals surface area (Å²) in [7, 11) is 1.86. The third kappa shape index (κ3) is 3.74. The van der Waals surface area contributed by atoms with Crippen molar-refractivity contribution >= 4 is 16.9 Å². The zero-order valence-electron chi connectivity index (χ0n) is 16.0. The maximum absolute atomic E-state index is 12.8. The summed E-state index contributed by atoms with van der Waals surface area (Å²) >= 11 is 0. The van der Waals surface area contributed by atoms with Gasteiger partial charge in [-0.05, 0) is 55.1 Å². The van der Waals surface area contributed by atoms with Gasteiger partial charge in [0, 0.05) is 32.1 Å². The first-order chi connectivity index (χ1) is 13.1. The first kappa shape index (κ1) is 17.7. The average Bonchev–Trinajstić information content (AvgIpc) is 3.36. The van der Waals surface area contributed by atoms with Gasteiger partial charge in [-0.1, -0.05) is 24.3 Å². The van der Waals surface area contributed by atoms with Crippen LogP contribution in [-0.4, -0.2) is 47.5 Å². The molecule has 0 radical (unpaired) electrons. The minimum Gasteiger partial charge on any atom is -0.342 e. The number of rotatable bonds is 5. The Balaban J connectivity index is 1.43. The van der Waals surface area contributed by atoms with Crippen LogP contribution in [0.3, 0.4) is 0 Å². The molecule has 4 rings (SSSR count). The van der Waals surface area contributed by atoms with E-state index >= 15 is 0 Å². The van der Waals surface area contributed by atoms with Gasteiger partial charge in [0.25, 0.3) is 5.91 Å². The second-order valence-corrected chi connectivity index (χ2v) is 7.45. The molecular weight excluding hydrogens is 336 g/mol. The third-order valence-corrected chi connectivity index (χ3v) is 5.46. The summed E-state index contributed by atoms with van der Waals surface area (Å²) < 4.78 is 0. The van der Waals surface area contributed by atoms with Crippen LogP contribution < -0.4 is 5.32 Å². The molecular formula is C22H26N4O. The first-order valence-corrected chi connectivity index (χ1v) is 9.62. The molecule has 1 amide bonds. The lowest BCUT2D eigenvalue weighted by atomic mass is 9.96. The van der Waals surface area contributed by atoms with Gasteiger partial charge in [0.15, 0.2) is 0 Å². The van der Waals surface area contributed by atoms with Crippen molar-refractivity contribution in [2.45, 2.75) is 25.7 Å². The molecule has 140 valence electrons. The molecule has 0 spiro atoms. The first-order valence-electron chi connectivity index (χ1n) is 9.62. The summed E-state index contributed by atoms with van der Waals surface area (Å²) in [5, 5.41) is 3.39. The highest BCUT2D eigenvalue weighted by Gasteiger charge is 2.19. The Bertz CT molecular complexity index is 956. The summed E-state index contributed by atoms with van der Waals surface area (Å²) in [5.74, 6) is 1.50. The number of nitrogens with one attached hydrogen (secondary N) is 2. The van der Waals surface area contributed by atoms with E-state index in [9.17, 15) is 4.79 Å². The quantitative estimate of drug-likeness (QED) is 0.732. The van der Waals surface area contributed by atoms with Gasteiger partial charge in [-0.3, -0.25) is 4.79 Å². The summed E-state index contributed by atoms with van der Waals surface area (Å²) in [6, 6.07) is 14.2. The van der Waals surface area contributed by atoms with E-state index in [1.54, 1.807) is 4.90 Å². The van der Waals surface area contributed by atoms with Crippen molar-refractivity contribution in [3.05, 3.63) is 65.0 Å². The van der Waals surface area contributed by atoms with Crippen molar-refractivity contribution in [1.29, 1.82) is 0 Å². The predicted octanol–water partition coefficient (Wildman–Crippen LogP) is 3.26. The second-order valence-electron chi connectivity index (χ2n) is 7.45. The number of hydrogen-bond donors (Lipinski definition) is 2. The van der Waals surface area contributed by atoms with Crippen molar-refractivity contribution in [2.75, 3.05) is 26.7 Å². The Labute approximate surface area is 159 Å². The number of benzene rings is 2. The molecule has 2 heterocycles. The van der Waals surface area contributed by atoms with Crippen LogP contribution in [0, 0.1) is 6.92 Å². The van der Waals surface area contributed by atoms with Crippen molar-refractivity contribution in [3.8, 4) is 0 Å². The van der Waals surface area contributed by atoms with E-state index in [-0.39, 0.29) is 5.91 Å². The number of fused-ring (bicyclic) bond motifs is 1. The lowest BCUT2D eigenvalue weighted by Gasteiger charge is -2.18. The standard InChI is InChI=1S/C22H26N4O/c1-15-5-3-8-19-21(15)25-20(24-19)10-12-26(2)22(27)17-7-4-6-16(13-17)18-9-11-23-14-18/h3-8,13,18,23H,9-12,14H2,1-2H3,(H,24,25)/t18-/m0/s1. The molecule has 2 aromatic carbocycles. The van der Waals surface area contributed by atoms with E-state index in [1.807, 2.05) is 31.3 Å². The van der Waals surface area contributed by atoms with Crippen molar-refractivity contribution in [1.82, 2.24) is 20.2 Å². The average molecular weight is 362 g/mol. The smallest absolute Gasteiger partial charge is 0.253 e. The highest BCUT2D eigenvalue weighted by Crippen LogP contribution is 2.23. The number of aromatic nitrogens is 2. The highest BCUT2D eigenvalue weighted by molar-refractivity contribution is 5.94. The van der Waals surface area contributed by atoms with Gasteiger partial charge in [-0.2, -0.15) is 0 Å². The van der Waals surface area contributed by atoms with Gasteiger partial charge in [-0.25, -0.2) is 4.98 Å². The summed E-state index contributed by atoms with van der Waals surface area (Å²) in [5.41, 5.74) is 5.25. The Morgan fingerprint density at radius 2 is 2.11 bits per heavy atom. The Kier molecular flexibility index (Phi) is 4.94. The van der Waals surface area contributed by atoms with Gasteiger partial charge in [0.2, 0.25) is 0 Å². The summed E-state index contributed by atoms with van der Waals surface area (Å²) in [4.78, 5) is 22.7. The molecule has 5 heteroatoms. The SMILES string of the molecule is Cc1cccc2[nH]c(CCN(C)C(=O)c3cccc([C@H]4CCNC4)c3)nc12. The fraction of sp³-hybridized carbons (Fsp3) is 0.364. The zero-order chi connectivity index (χ0) is 18.8. The number of nitrogens with zero attached hydrogens (tertiary/aromatic N) is 2. The maximum Gasteiger partial charge on any atom is 0.253 e. The normalized spacial score (nSPS) is 16.7. The van der Waals surface area contributed by atoms with E-state index < -0.39 is 0 Å². The zero-order valence-corrected chi connectivity index (χ0v) is 16.0. The minimum absolute atomic E-state index is 0.0649. The van der Waals surface area contributed by atoms with Crippen LogP contribution in [0.5, 0.6) is 0 Å². The number of aryl methyl sites for hydroxylation is 1. The molecule has 0 bridgehead atoms. The van der Waals surface area contributed by atoms with E-state index in [2.05, 4.69) is 40.4 Å². The largest absolute Gasteiger partial charge is 0.342 e. The fourth-order valence-corrected chi connectivity index (χ4v) is 3.81.